The summed E-state index contributed by atoms with van der Waals surface area (Å²) in [5, 5.41) is 23.4. The molecule has 3 unspecified atom stereocenters. The van der Waals surface area contributed by atoms with Gasteiger partial charge in [0.2, 0.25) is 11.8 Å². The predicted octanol–water partition coefficient (Wildman–Crippen LogP) is 2.46. The van der Waals surface area contributed by atoms with E-state index >= 15 is 0 Å². The number of aliphatic hydroxyl groups is 2. The number of hydrogen-bond acceptors (Lipinski definition) is 7. The molecular formula is C26H35IN2O7. The minimum absolute atomic E-state index is 0.0124. The van der Waals surface area contributed by atoms with Crippen LogP contribution in [0.1, 0.15) is 56.3 Å². The number of rotatable bonds is 10. The zero-order valence-electron chi connectivity index (χ0n) is 20.9. The minimum atomic E-state index is -1.10. The predicted molar refractivity (Wildman–Crippen MR) is 142 cm³/mol. The zero-order chi connectivity index (χ0) is 26.4. The fourth-order valence-corrected chi connectivity index (χ4v) is 5.65. The second-order valence-electron chi connectivity index (χ2n) is 9.51. The van der Waals surface area contributed by atoms with E-state index in [1.807, 2.05) is 36.4 Å². The normalized spacial score (nSPS) is 22.2. The SMILES string of the molecule is COc1cc(C=O)cc(I)c1OC1C=C(C(=O)NCCO)CC(N(C(=O)C(C)C)C2CCCC2)C1O. The average Bonchev–Trinajstić information content (AvgIpc) is 3.39. The molecule has 9 nitrogen and oxygen atoms in total. The van der Waals surface area contributed by atoms with Gasteiger partial charge in [0.1, 0.15) is 18.5 Å². The second-order valence-corrected chi connectivity index (χ2v) is 10.7. The molecule has 1 saturated carbocycles. The number of benzene rings is 1. The topological polar surface area (TPSA) is 125 Å². The maximum atomic E-state index is 13.4. The number of aldehydes is 1. The lowest BCUT2D eigenvalue weighted by atomic mass is 9.86. The van der Waals surface area contributed by atoms with Gasteiger partial charge in [-0.15, -0.1) is 0 Å². The Balaban J connectivity index is 2.03. The number of nitrogens with zero attached hydrogens (tertiary/aromatic N) is 1. The van der Waals surface area contributed by atoms with Crippen molar-refractivity contribution in [2.75, 3.05) is 20.3 Å². The summed E-state index contributed by atoms with van der Waals surface area (Å²) in [6.45, 7) is 3.55. The highest BCUT2D eigenvalue weighted by Crippen LogP contribution is 2.38. The van der Waals surface area contributed by atoms with Gasteiger partial charge in [-0.05, 0) is 53.6 Å². The van der Waals surface area contributed by atoms with E-state index in [9.17, 15) is 19.5 Å². The molecule has 0 radical (unpaired) electrons. The number of carbonyl (C=O) groups is 3. The van der Waals surface area contributed by atoms with Gasteiger partial charge >= 0.3 is 0 Å². The molecule has 1 fully saturated rings. The zero-order valence-corrected chi connectivity index (χ0v) is 23.1. The molecule has 0 aliphatic heterocycles. The van der Waals surface area contributed by atoms with Gasteiger partial charge in [0, 0.05) is 36.1 Å². The molecule has 2 aliphatic rings. The van der Waals surface area contributed by atoms with Gasteiger partial charge in [0.25, 0.3) is 0 Å². The van der Waals surface area contributed by atoms with Crippen LogP contribution >= 0.6 is 22.6 Å². The monoisotopic (exact) mass is 614 g/mol. The number of nitrogens with one attached hydrogen (secondary N) is 1. The van der Waals surface area contributed by atoms with Crippen molar-refractivity contribution in [1.82, 2.24) is 10.2 Å². The Morgan fingerprint density at radius 2 is 1.97 bits per heavy atom. The average molecular weight is 614 g/mol. The van der Waals surface area contributed by atoms with Gasteiger partial charge in [-0.3, -0.25) is 14.4 Å². The van der Waals surface area contributed by atoms with Crippen molar-refractivity contribution in [2.45, 2.75) is 70.2 Å². The lowest BCUT2D eigenvalue weighted by molar-refractivity contribution is -0.145. The van der Waals surface area contributed by atoms with Gasteiger partial charge in [0.15, 0.2) is 11.5 Å². The fourth-order valence-electron chi connectivity index (χ4n) is 4.90. The first kappa shape index (κ1) is 28.4. The van der Waals surface area contributed by atoms with Crippen LogP contribution in [0.5, 0.6) is 11.5 Å². The van der Waals surface area contributed by atoms with Crippen LogP contribution in [0, 0.1) is 9.49 Å². The molecule has 3 rings (SSSR count). The maximum Gasteiger partial charge on any atom is 0.247 e. The van der Waals surface area contributed by atoms with Crippen molar-refractivity contribution in [3.8, 4) is 11.5 Å². The lowest BCUT2D eigenvalue weighted by Gasteiger charge is -2.44. The Hall–Kier alpha value is -2.18. The van der Waals surface area contributed by atoms with E-state index in [-0.39, 0.29) is 43.3 Å². The molecule has 0 heterocycles. The molecule has 0 spiro atoms. The Bertz CT molecular complexity index is 991. The Morgan fingerprint density at radius 3 is 2.56 bits per heavy atom. The van der Waals surface area contributed by atoms with Crippen molar-refractivity contribution < 1.29 is 34.1 Å². The first-order chi connectivity index (χ1) is 17.2. The van der Waals surface area contributed by atoms with E-state index in [2.05, 4.69) is 5.32 Å². The molecule has 198 valence electrons. The number of carbonyl (C=O) groups excluding carboxylic acids is 3. The van der Waals surface area contributed by atoms with Crippen molar-refractivity contribution in [3.63, 3.8) is 0 Å². The van der Waals surface area contributed by atoms with Crippen molar-refractivity contribution in [2.24, 2.45) is 5.92 Å². The first-order valence-electron chi connectivity index (χ1n) is 12.3. The van der Waals surface area contributed by atoms with Gasteiger partial charge in [-0.2, -0.15) is 0 Å². The van der Waals surface area contributed by atoms with Crippen LogP contribution in [0.15, 0.2) is 23.8 Å². The van der Waals surface area contributed by atoms with E-state index < -0.39 is 18.2 Å². The van der Waals surface area contributed by atoms with Crippen LogP contribution in [-0.4, -0.2) is 77.8 Å². The second kappa shape index (κ2) is 12.9. The molecule has 3 atom stereocenters. The van der Waals surface area contributed by atoms with Gasteiger partial charge in [-0.1, -0.05) is 26.7 Å². The summed E-state index contributed by atoms with van der Waals surface area (Å²) in [5.41, 5.74) is 0.794. The molecule has 36 heavy (non-hydrogen) atoms. The van der Waals surface area contributed by atoms with E-state index in [0.29, 0.717) is 32.5 Å². The van der Waals surface area contributed by atoms with Crippen molar-refractivity contribution in [1.29, 1.82) is 0 Å². The molecule has 3 N–H and O–H groups in total. The summed E-state index contributed by atoms with van der Waals surface area (Å²) >= 11 is 2.03. The molecule has 0 bridgehead atoms. The summed E-state index contributed by atoms with van der Waals surface area (Å²) < 4.78 is 12.3. The maximum absolute atomic E-state index is 13.4. The third-order valence-corrected chi connectivity index (χ3v) is 7.48. The minimum Gasteiger partial charge on any atom is -0.493 e. The number of ether oxygens (including phenoxy) is 2. The number of hydrogen-bond donors (Lipinski definition) is 3. The highest BCUT2D eigenvalue weighted by Gasteiger charge is 2.44. The lowest BCUT2D eigenvalue weighted by Crippen LogP contribution is -2.58. The quantitative estimate of drug-likeness (QED) is 0.273. The number of methoxy groups -OCH3 is 1. The highest BCUT2D eigenvalue weighted by molar-refractivity contribution is 14.1. The number of aliphatic hydroxyl groups excluding tert-OH is 2. The van der Waals surface area contributed by atoms with Crippen molar-refractivity contribution >= 4 is 40.7 Å². The van der Waals surface area contributed by atoms with E-state index in [1.165, 1.54) is 7.11 Å². The first-order valence-corrected chi connectivity index (χ1v) is 13.4. The third-order valence-electron chi connectivity index (χ3n) is 6.68. The molecule has 0 saturated heterocycles. The molecular weight excluding hydrogens is 579 g/mol. The van der Waals surface area contributed by atoms with Crippen LogP contribution in [0.2, 0.25) is 0 Å². The standard InChI is InChI=1S/C26H35IN2O7/c1-15(2)26(34)29(18-6-4-5-7-18)20-12-17(25(33)28-8-9-30)13-21(23(20)32)36-24-19(27)10-16(14-31)11-22(24)35-3/h10-11,13-15,18,20-21,23,30,32H,4-9,12H2,1-3H3,(H,28,33). The van der Waals surface area contributed by atoms with Crippen LogP contribution in [-0.2, 0) is 9.59 Å². The van der Waals surface area contributed by atoms with Crippen LogP contribution in [0.4, 0.5) is 0 Å². The van der Waals surface area contributed by atoms with Gasteiger partial charge < -0.3 is 29.9 Å². The summed E-state index contributed by atoms with van der Waals surface area (Å²) in [6.07, 6.45) is 4.11. The third kappa shape index (κ3) is 6.38. The smallest absolute Gasteiger partial charge is 0.247 e. The van der Waals surface area contributed by atoms with Crippen LogP contribution in [0.3, 0.4) is 0 Å². The van der Waals surface area contributed by atoms with Gasteiger partial charge in [-0.25, -0.2) is 0 Å². The number of amides is 2. The number of halogens is 1. The summed E-state index contributed by atoms with van der Waals surface area (Å²) in [4.78, 5) is 39.4. The van der Waals surface area contributed by atoms with Crippen LogP contribution < -0.4 is 14.8 Å². The molecule has 10 heteroatoms. The largest absolute Gasteiger partial charge is 0.493 e. The molecule has 2 amide bonds. The molecule has 1 aromatic rings. The highest BCUT2D eigenvalue weighted by atomic mass is 127. The van der Waals surface area contributed by atoms with E-state index in [0.717, 1.165) is 25.7 Å². The Labute approximate surface area is 225 Å². The van der Waals surface area contributed by atoms with E-state index in [4.69, 9.17) is 14.6 Å². The Kier molecular flexibility index (Phi) is 10.1. The summed E-state index contributed by atoms with van der Waals surface area (Å²) in [6, 6.07) is 2.51. The Morgan fingerprint density at radius 1 is 1.28 bits per heavy atom. The fraction of sp³-hybridized carbons (Fsp3) is 0.577. The van der Waals surface area contributed by atoms with Crippen LogP contribution in [0.25, 0.3) is 0 Å². The van der Waals surface area contributed by atoms with E-state index in [1.54, 1.807) is 23.1 Å². The molecule has 2 aliphatic carbocycles. The van der Waals surface area contributed by atoms with Crippen molar-refractivity contribution in [3.05, 3.63) is 32.9 Å². The summed E-state index contributed by atoms with van der Waals surface area (Å²) in [5.74, 6) is -0.0574. The summed E-state index contributed by atoms with van der Waals surface area (Å²) in [7, 11) is 1.46. The molecule has 0 aromatic heterocycles. The molecule has 1 aromatic carbocycles. The van der Waals surface area contributed by atoms with Gasteiger partial charge in [0.05, 0.1) is 23.3 Å².